The molecular weight excluding hydrogens is 354 g/mol. The van der Waals surface area contributed by atoms with Crippen molar-refractivity contribution in [3.05, 3.63) is 47.4 Å². The number of aromatic nitrogens is 2. The van der Waals surface area contributed by atoms with Crippen molar-refractivity contribution < 1.29 is 9.53 Å². The second-order valence-corrected chi connectivity index (χ2v) is 7.52. The molecule has 4 rings (SSSR count). The van der Waals surface area contributed by atoms with Gasteiger partial charge in [-0.1, -0.05) is 12.1 Å². The first-order valence-electron chi connectivity index (χ1n) is 9.87. The number of amides is 2. The molecule has 1 N–H and O–H groups in total. The average Bonchev–Trinajstić information content (AvgIpc) is 2.79. The molecule has 28 heavy (non-hydrogen) atoms. The molecule has 0 unspecified atom stereocenters. The Balaban J connectivity index is 1.48. The van der Waals surface area contributed by atoms with Crippen LogP contribution in [0.4, 0.5) is 10.6 Å². The van der Waals surface area contributed by atoms with Crippen LogP contribution in [0.2, 0.25) is 0 Å². The molecule has 2 amide bonds. The van der Waals surface area contributed by atoms with E-state index in [-0.39, 0.29) is 6.03 Å². The molecule has 1 aliphatic carbocycles. The summed E-state index contributed by atoms with van der Waals surface area (Å²) in [6.07, 6.45) is 5.84. The lowest BCUT2D eigenvalue weighted by molar-refractivity contribution is 0.111. The van der Waals surface area contributed by atoms with Crippen molar-refractivity contribution in [3.8, 4) is 5.75 Å². The number of nitrogens with zero attached hydrogens (tertiary/aromatic N) is 4. The third-order valence-corrected chi connectivity index (χ3v) is 5.70. The summed E-state index contributed by atoms with van der Waals surface area (Å²) in [5, 5.41) is 3.46. The third-order valence-electron chi connectivity index (χ3n) is 5.70. The molecule has 0 atom stereocenters. The number of carbonyl (C=O) groups excluding carboxylic acids is 1. The second kappa shape index (κ2) is 8.04. The lowest BCUT2D eigenvalue weighted by Crippen LogP contribution is -2.47. The van der Waals surface area contributed by atoms with Crippen LogP contribution in [0.25, 0.3) is 0 Å². The maximum atomic E-state index is 12.8. The van der Waals surface area contributed by atoms with Crippen LogP contribution in [0.5, 0.6) is 5.75 Å². The smallest absolute Gasteiger partial charge is 0.320 e. The predicted molar refractivity (Wildman–Crippen MR) is 107 cm³/mol. The van der Waals surface area contributed by atoms with Gasteiger partial charge in [0.2, 0.25) is 0 Å². The highest BCUT2D eigenvalue weighted by atomic mass is 16.5. The van der Waals surface area contributed by atoms with Gasteiger partial charge in [0.25, 0.3) is 0 Å². The maximum absolute atomic E-state index is 12.8. The van der Waals surface area contributed by atoms with E-state index in [1.165, 1.54) is 12.0 Å². The minimum atomic E-state index is 0.0897. The van der Waals surface area contributed by atoms with Gasteiger partial charge in [-0.2, -0.15) is 0 Å². The van der Waals surface area contributed by atoms with Gasteiger partial charge in [-0.3, -0.25) is 0 Å². The number of anilines is 1. The second-order valence-electron chi connectivity index (χ2n) is 7.52. The fourth-order valence-corrected chi connectivity index (χ4v) is 3.75. The summed E-state index contributed by atoms with van der Waals surface area (Å²) in [5.74, 6) is 1.70. The first kappa shape index (κ1) is 18.5. The number of methoxy groups -OCH3 is 1. The van der Waals surface area contributed by atoms with Crippen LogP contribution in [0.15, 0.2) is 30.6 Å². The van der Waals surface area contributed by atoms with Crippen LogP contribution in [0.3, 0.4) is 0 Å². The van der Waals surface area contributed by atoms with Gasteiger partial charge in [0.05, 0.1) is 25.9 Å². The first-order chi connectivity index (χ1) is 13.7. The molecule has 1 aromatic carbocycles. The molecule has 7 heteroatoms. The fourth-order valence-electron chi connectivity index (χ4n) is 3.75. The summed E-state index contributed by atoms with van der Waals surface area (Å²) in [6, 6.07) is 8.54. The molecule has 1 aromatic heterocycles. The highest BCUT2D eigenvalue weighted by Gasteiger charge is 2.34. The minimum Gasteiger partial charge on any atom is -0.497 e. The topological polar surface area (TPSA) is 70.6 Å². The Morgan fingerprint density at radius 1 is 1.18 bits per heavy atom. The van der Waals surface area contributed by atoms with E-state index >= 15 is 0 Å². The van der Waals surface area contributed by atoms with Crippen molar-refractivity contribution in [1.82, 2.24) is 19.8 Å². The van der Waals surface area contributed by atoms with E-state index < -0.39 is 0 Å². The average molecular weight is 381 g/mol. The molecule has 2 aliphatic rings. The van der Waals surface area contributed by atoms with E-state index in [4.69, 9.17) is 4.74 Å². The van der Waals surface area contributed by atoms with Gasteiger partial charge in [-0.05, 0) is 43.4 Å². The van der Waals surface area contributed by atoms with Gasteiger partial charge < -0.3 is 19.9 Å². The van der Waals surface area contributed by atoms with E-state index in [9.17, 15) is 4.79 Å². The number of fused-ring (bicyclic) bond motifs is 1. The first-order valence-corrected chi connectivity index (χ1v) is 9.87. The molecule has 7 nitrogen and oxygen atoms in total. The van der Waals surface area contributed by atoms with Crippen LogP contribution >= 0.6 is 0 Å². The van der Waals surface area contributed by atoms with Crippen LogP contribution in [-0.2, 0) is 19.5 Å². The highest BCUT2D eigenvalue weighted by molar-refractivity contribution is 5.76. The molecular formula is C21H27N5O2. The van der Waals surface area contributed by atoms with Crippen LogP contribution in [0, 0.1) is 0 Å². The Morgan fingerprint density at radius 2 is 1.96 bits per heavy atom. The van der Waals surface area contributed by atoms with E-state index in [1.54, 1.807) is 18.3 Å². The van der Waals surface area contributed by atoms with Gasteiger partial charge >= 0.3 is 6.03 Å². The molecule has 0 bridgehead atoms. The monoisotopic (exact) mass is 381 g/mol. The molecule has 0 saturated heterocycles. The Hall–Kier alpha value is -2.83. The number of ether oxygens (including phenoxy) is 1. The van der Waals surface area contributed by atoms with Crippen molar-refractivity contribution in [2.45, 2.75) is 44.8 Å². The van der Waals surface area contributed by atoms with Crippen molar-refractivity contribution >= 4 is 11.8 Å². The SMILES string of the molecule is COc1ccc(CCNc2ncnc3c2CN(C2CCC2)C(=O)N(C)C3)cc1. The molecule has 0 radical (unpaired) electrons. The van der Waals surface area contributed by atoms with Crippen LogP contribution < -0.4 is 10.1 Å². The number of benzene rings is 1. The van der Waals surface area contributed by atoms with Crippen molar-refractivity contribution in [1.29, 1.82) is 0 Å². The molecule has 148 valence electrons. The number of hydrogen-bond acceptors (Lipinski definition) is 5. The van der Waals surface area contributed by atoms with Gasteiger partial charge in [-0.15, -0.1) is 0 Å². The number of rotatable bonds is 6. The molecule has 1 saturated carbocycles. The van der Waals surface area contributed by atoms with E-state index in [0.29, 0.717) is 19.1 Å². The lowest BCUT2D eigenvalue weighted by Gasteiger charge is -2.38. The van der Waals surface area contributed by atoms with E-state index in [1.807, 2.05) is 24.1 Å². The Morgan fingerprint density at radius 3 is 2.64 bits per heavy atom. The van der Waals surface area contributed by atoms with Crippen molar-refractivity contribution in [3.63, 3.8) is 0 Å². The van der Waals surface area contributed by atoms with Crippen molar-refractivity contribution in [2.24, 2.45) is 0 Å². The summed E-state index contributed by atoms with van der Waals surface area (Å²) in [6.45, 7) is 1.87. The zero-order chi connectivity index (χ0) is 19.5. The molecule has 0 spiro atoms. The normalized spacial score (nSPS) is 17.0. The van der Waals surface area contributed by atoms with Crippen molar-refractivity contribution in [2.75, 3.05) is 26.0 Å². The van der Waals surface area contributed by atoms with Gasteiger partial charge in [-0.25, -0.2) is 14.8 Å². The molecule has 1 fully saturated rings. The maximum Gasteiger partial charge on any atom is 0.320 e. The Kier molecular flexibility index (Phi) is 5.32. The number of urea groups is 1. The molecule has 1 aliphatic heterocycles. The summed E-state index contributed by atoms with van der Waals surface area (Å²) in [5.41, 5.74) is 3.21. The quantitative estimate of drug-likeness (QED) is 0.833. The summed E-state index contributed by atoms with van der Waals surface area (Å²) in [7, 11) is 3.52. The van der Waals surface area contributed by atoms with Crippen LogP contribution in [0.1, 0.15) is 36.1 Å². The standard InChI is InChI=1S/C21H27N5O2/c1-25-13-19-18(12-26(21(25)27)16-4-3-5-16)20(24-14-23-19)22-11-10-15-6-8-17(28-2)9-7-15/h6-9,14,16H,3-5,10-13H2,1-2H3,(H,22,23,24). The lowest BCUT2D eigenvalue weighted by atomic mass is 9.91. The highest BCUT2D eigenvalue weighted by Crippen LogP contribution is 2.31. The number of hydrogen-bond donors (Lipinski definition) is 1. The van der Waals surface area contributed by atoms with Gasteiger partial charge in [0.1, 0.15) is 17.9 Å². The largest absolute Gasteiger partial charge is 0.497 e. The fraction of sp³-hybridized carbons (Fsp3) is 0.476. The number of carbonyl (C=O) groups is 1. The van der Waals surface area contributed by atoms with E-state index in [2.05, 4.69) is 27.4 Å². The van der Waals surface area contributed by atoms with Gasteiger partial charge in [0.15, 0.2) is 0 Å². The number of nitrogens with one attached hydrogen (secondary N) is 1. The summed E-state index contributed by atoms with van der Waals surface area (Å²) in [4.78, 5) is 25.5. The van der Waals surface area contributed by atoms with Gasteiger partial charge in [0, 0.05) is 25.2 Å². The minimum absolute atomic E-state index is 0.0897. The summed E-state index contributed by atoms with van der Waals surface area (Å²) >= 11 is 0. The van der Waals surface area contributed by atoms with E-state index in [0.717, 1.165) is 48.6 Å². The Bertz CT molecular complexity index is 835. The molecule has 2 aromatic rings. The predicted octanol–water partition coefficient (Wildman–Crippen LogP) is 3.06. The molecule has 2 heterocycles. The third kappa shape index (κ3) is 3.74. The van der Waals surface area contributed by atoms with Crippen LogP contribution in [-0.4, -0.2) is 52.5 Å². The Labute approximate surface area is 165 Å². The summed E-state index contributed by atoms with van der Waals surface area (Å²) < 4.78 is 5.21. The zero-order valence-corrected chi connectivity index (χ0v) is 16.5. The zero-order valence-electron chi connectivity index (χ0n) is 16.5.